The number of amides is 1. The molecular formula is C12H10ClN3O3. The van der Waals surface area contributed by atoms with E-state index in [9.17, 15) is 9.59 Å². The van der Waals surface area contributed by atoms with Gasteiger partial charge in [0, 0.05) is 11.1 Å². The normalized spacial score (nSPS) is 10.2. The van der Waals surface area contributed by atoms with Gasteiger partial charge in [-0.3, -0.25) is 9.89 Å². The molecule has 1 aromatic carbocycles. The average molecular weight is 280 g/mol. The molecule has 2 aromatic rings. The van der Waals surface area contributed by atoms with Crippen molar-refractivity contribution in [3.63, 3.8) is 0 Å². The summed E-state index contributed by atoms with van der Waals surface area (Å²) < 4.78 is 0. The molecule has 0 saturated heterocycles. The van der Waals surface area contributed by atoms with E-state index in [-0.39, 0.29) is 23.8 Å². The fourth-order valence-corrected chi connectivity index (χ4v) is 1.60. The van der Waals surface area contributed by atoms with Crippen LogP contribution < -0.4 is 5.32 Å². The number of carboxylic acid groups (broad SMARTS) is 1. The minimum absolute atomic E-state index is 0.0817. The number of H-pyrrole nitrogens is 1. The topological polar surface area (TPSA) is 95.1 Å². The number of rotatable bonds is 4. The van der Waals surface area contributed by atoms with Crippen molar-refractivity contribution in [2.24, 2.45) is 0 Å². The Kier molecular flexibility index (Phi) is 3.82. The summed E-state index contributed by atoms with van der Waals surface area (Å²) in [4.78, 5) is 22.3. The van der Waals surface area contributed by atoms with Crippen LogP contribution in [0.2, 0.25) is 5.02 Å². The molecule has 1 heterocycles. The molecule has 1 amide bonds. The van der Waals surface area contributed by atoms with Crippen LogP contribution in [-0.2, 0) is 11.2 Å². The first-order valence-electron chi connectivity index (χ1n) is 5.37. The van der Waals surface area contributed by atoms with Crippen LogP contribution in [0.15, 0.2) is 30.3 Å². The summed E-state index contributed by atoms with van der Waals surface area (Å²) in [7, 11) is 0. The molecule has 1 aromatic heterocycles. The van der Waals surface area contributed by atoms with Gasteiger partial charge in [0.2, 0.25) is 5.91 Å². The lowest BCUT2D eigenvalue weighted by atomic mass is 10.1. The number of nitrogens with one attached hydrogen (secondary N) is 2. The molecule has 6 nitrogen and oxygen atoms in total. The van der Waals surface area contributed by atoms with Crippen molar-refractivity contribution in [1.82, 2.24) is 10.2 Å². The van der Waals surface area contributed by atoms with Crippen LogP contribution >= 0.6 is 11.6 Å². The van der Waals surface area contributed by atoms with Crippen molar-refractivity contribution >= 4 is 29.3 Å². The number of carboxylic acids is 1. The first kappa shape index (κ1) is 13.1. The van der Waals surface area contributed by atoms with Crippen molar-refractivity contribution in [3.05, 3.63) is 46.6 Å². The third kappa shape index (κ3) is 3.56. The lowest BCUT2D eigenvalue weighted by Crippen LogP contribution is -2.14. The van der Waals surface area contributed by atoms with E-state index in [1.807, 2.05) is 0 Å². The predicted octanol–water partition coefficient (Wildman–Crippen LogP) is 1.94. The Balaban J connectivity index is 1.97. The molecule has 0 aliphatic rings. The maximum absolute atomic E-state index is 11.7. The number of carbonyl (C=O) groups excluding carboxylic acids is 1. The summed E-state index contributed by atoms with van der Waals surface area (Å²) in [6.45, 7) is 0. The molecule has 0 unspecified atom stereocenters. The summed E-state index contributed by atoms with van der Waals surface area (Å²) >= 11 is 5.74. The molecule has 2 rings (SSSR count). The fraction of sp³-hybridized carbons (Fsp3) is 0.0833. The molecule has 0 spiro atoms. The highest BCUT2D eigenvalue weighted by atomic mass is 35.5. The minimum atomic E-state index is -1.13. The second-order valence-electron chi connectivity index (χ2n) is 3.82. The smallest absolute Gasteiger partial charge is 0.353 e. The quantitative estimate of drug-likeness (QED) is 0.797. The SMILES string of the molecule is O=C(Cc1ccc(Cl)cc1)Nc1cc(C(=O)O)[nH]n1. The number of anilines is 1. The van der Waals surface area contributed by atoms with Gasteiger partial charge < -0.3 is 10.4 Å². The Labute approximate surface area is 113 Å². The molecule has 0 aliphatic heterocycles. The van der Waals surface area contributed by atoms with E-state index in [4.69, 9.17) is 16.7 Å². The van der Waals surface area contributed by atoms with Gasteiger partial charge in [-0.15, -0.1) is 0 Å². The molecule has 3 N–H and O–H groups in total. The average Bonchev–Trinajstić information content (AvgIpc) is 2.80. The molecule has 19 heavy (non-hydrogen) atoms. The maximum Gasteiger partial charge on any atom is 0.353 e. The van der Waals surface area contributed by atoms with E-state index in [0.717, 1.165) is 5.56 Å². The van der Waals surface area contributed by atoms with Crippen LogP contribution in [0.4, 0.5) is 5.82 Å². The Hall–Kier alpha value is -2.34. The molecule has 0 saturated carbocycles. The summed E-state index contributed by atoms with van der Waals surface area (Å²) in [6, 6.07) is 8.13. The lowest BCUT2D eigenvalue weighted by molar-refractivity contribution is -0.115. The number of aromatic amines is 1. The maximum atomic E-state index is 11.7. The van der Waals surface area contributed by atoms with E-state index in [2.05, 4.69) is 15.5 Å². The number of aromatic nitrogens is 2. The van der Waals surface area contributed by atoms with E-state index >= 15 is 0 Å². The van der Waals surface area contributed by atoms with Crippen LogP contribution in [0.3, 0.4) is 0 Å². The molecule has 7 heteroatoms. The minimum Gasteiger partial charge on any atom is -0.477 e. The predicted molar refractivity (Wildman–Crippen MR) is 69.3 cm³/mol. The van der Waals surface area contributed by atoms with Crippen LogP contribution in [0.25, 0.3) is 0 Å². The number of aromatic carboxylic acids is 1. The summed E-state index contributed by atoms with van der Waals surface area (Å²) in [6.07, 6.45) is 0.159. The highest BCUT2D eigenvalue weighted by molar-refractivity contribution is 6.30. The van der Waals surface area contributed by atoms with Gasteiger partial charge >= 0.3 is 5.97 Å². The largest absolute Gasteiger partial charge is 0.477 e. The van der Waals surface area contributed by atoms with Crippen molar-refractivity contribution in [2.75, 3.05) is 5.32 Å². The Morgan fingerprint density at radius 2 is 2.00 bits per heavy atom. The highest BCUT2D eigenvalue weighted by Gasteiger charge is 2.10. The van der Waals surface area contributed by atoms with E-state index in [0.29, 0.717) is 5.02 Å². The molecule has 0 aliphatic carbocycles. The molecule has 0 atom stereocenters. The van der Waals surface area contributed by atoms with Gasteiger partial charge in [-0.05, 0) is 17.7 Å². The second-order valence-corrected chi connectivity index (χ2v) is 4.26. The third-order valence-corrected chi connectivity index (χ3v) is 2.61. The van der Waals surface area contributed by atoms with Crippen LogP contribution in [0.5, 0.6) is 0 Å². The molecule has 0 radical (unpaired) electrons. The van der Waals surface area contributed by atoms with Crippen LogP contribution in [0, 0.1) is 0 Å². The zero-order chi connectivity index (χ0) is 13.8. The van der Waals surface area contributed by atoms with E-state index < -0.39 is 5.97 Å². The fourth-order valence-electron chi connectivity index (χ4n) is 1.47. The summed E-state index contributed by atoms with van der Waals surface area (Å²) in [5.41, 5.74) is 0.720. The number of hydrogen-bond acceptors (Lipinski definition) is 3. The van der Waals surface area contributed by atoms with Gasteiger partial charge in [-0.2, -0.15) is 5.10 Å². The van der Waals surface area contributed by atoms with Gasteiger partial charge in [-0.25, -0.2) is 4.79 Å². The van der Waals surface area contributed by atoms with Crippen molar-refractivity contribution in [3.8, 4) is 0 Å². The lowest BCUT2D eigenvalue weighted by Gasteiger charge is -2.02. The van der Waals surface area contributed by atoms with Gasteiger partial charge in [0.05, 0.1) is 6.42 Å². The van der Waals surface area contributed by atoms with E-state index in [1.165, 1.54) is 6.07 Å². The third-order valence-electron chi connectivity index (χ3n) is 2.35. The van der Waals surface area contributed by atoms with Gasteiger partial charge in [0.15, 0.2) is 5.82 Å². The monoisotopic (exact) mass is 279 g/mol. The Morgan fingerprint density at radius 3 is 2.58 bits per heavy atom. The standard InChI is InChI=1S/C12H10ClN3O3/c13-8-3-1-7(2-4-8)5-11(17)14-10-6-9(12(18)19)15-16-10/h1-4,6H,5H2,(H,18,19)(H2,14,15,16,17). The van der Waals surface area contributed by atoms with Gasteiger partial charge in [-0.1, -0.05) is 23.7 Å². The molecule has 0 bridgehead atoms. The van der Waals surface area contributed by atoms with Crippen LogP contribution in [0.1, 0.15) is 16.1 Å². The zero-order valence-corrected chi connectivity index (χ0v) is 10.4. The first-order valence-corrected chi connectivity index (χ1v) is 5.75. The van der Waals surface area contributed by atoms with Crippen LogP contribution in [-0.4, -0.2) is 27.2 Å². The first-order chi connectivity index (χ1) is 9.04. The molecular weight excluding hydrogens is 270 g/mol. The number of nitrogens with zero attached hydrogens (tertiary/aromatic N) is 1. The number of halogens is 1. The summed E-state index contributed by atoms with van der Waals surface area (Å²) in [5, 5.41) is 17.8. The Morgan fingerprint density at radius 1 is 1.32 bits per heavy atom. The van der Waals surface area contributed by atoms with E-state index in [1.54, 1.807) is 24.3 Å². The second kappa shape index (κ2) is 5.53. The number of benzene rings is 1. The molecule has 98 valence electrons. The van der Waals surface area contributed by atoms with Crippen molar-refractivity contribution in [1.29, 1.82) is 0 Å². The highest BCUT2D eigenvalue weighted by Crippen LogP contribution is 2.11. The number of carbonyl (C=O) groups is 2. The van der Waals surface area contributed by atoms with Gasteiger partial charge in [0.1, 0.15) is 5.69 Å². The van der Waals surface area contributed by atoms with Crippen molar-refractivity contribution < 1.29 is 14.7 Å². The van der Waals surface area contributed by atoms with Gasteiger partial charge in [0.25, 0.3) is 0 Å². The number of hydrogen-bond donors (Lipinski definition) is 3. The summed E-state index contributed by atoms with van der Waals surface area (Å²) in [5.74, 6) is -1.24. The van der Waals surface area contributed by atoms with Crippen molar-refractivity contribution in [2.45, 2.75) is 6.42 Å². The zero-order valence-electron chi connectivity index (χ0n) is 9.68. The molecule has 0 fully saturated rings. The Bertz CT molecular complexity index is 607.